The van der Waals surface area contributed by atoms with Gasteiger partial charge in [-0.1, -0.05) is 0 Å². The Morgan fingerprint density at radius 3 is 2.80 bits per heavy atom. The number of nitrogen functional groups attached to an aromatic ring is 1. The number of hydrogen-bond donors (Lipinski definition) is 1. The zero-order chi connectivity index (χ0) is 14.9. The second-order valence-corrected chi connectivity index (χ2v) is 5.98. The third kappa shape index (κ3) is 2.44. The molecule has 0 bridgehead atoms. The molecule has 0 amide bonds. The zero-order valence-corrected chi connectivity index (χ0v) is 12.7. The minimum Gasteiger partial charge on any atom is -0.465 e. The fraction of sp³-hybridized carbons (Fsp3) is 0.538. The second-order valence-electron chi connectivity index (χ2n) is 4.98. The number of carbonyl (C=O) groups excluding carboxylic acids is 1. The van der Waals surface area contributed by atoms with Crippen molar-refractivity contribution in [2.24, 2.45) is 0 Å². The van der Waals surface area contributed by atoms with E-state index < -0.39 is 5.97 Å². The molecule has 1 aromatic heterocycles. The van der Waals surface area contributed by atoms with Gasteiger partial charge in [-0.3, -0.25) is 0 Å². The minimum absolute atomic E-state index is 0.229. The summed E-state index contributed by atoms with van der Waals surface area (Å²) >= 11 is 1.24. The van der Waals surface area contributed by atoms with Gasteiger partial charge in [0, 0.05) is 19.1 Å². The second kappa shape index (κ2) is 5.69. The quantitative estimate of drug-likeness (QED) is 0.841. The number of hydrogen-bond acceptors (Lipinski definition) is 7. The third-order valence-electron chi connectivity index (χ3n) is 3.59. The van der Waals surface area contributed by atoms with Crippen molar-refractivity contribution in [3.05, 3.63) is 10.4 Å². The molecule has 2 heterocycles. The van der Waals surface area contributed by atoms with Crippen LogP contribution in [0, 0.1) is 11.3 Å². The monoisotopic (exact) mass is 294 g/mol. The van der Waals surface area contributed by atoms with Gasteiger partial charge in [0.2, 0.25) is 0 Å². The van der Waals surface area contributed by atoms with Crippen LogP contribution in [0.3, 0.4) is 0 Å². The first kappa shape index (κ1) is 14.6. The molecule has 2 rings (SSSR count). The largest absolute Gasteiger partial charge is 0.465 e. The van der Waals surface area contributed by atoms with Gasteiger partial charge in [-0.2, -0.15) is 5.26 Å². The summed E-state index contributed by atoms with van der Waals surface area (Å²) in [4.78, 5) is 16.3. The molecule has 1 aromatic rings. The standard InChI is InChI=1S/C13H18N4O2S/c1-16(2)8-4-5-17(7-8)12-9(6-14)10(15)11(20-12)13(18)19-3/h8H,4-5,7,15H2,1-3H3. The number of thiophene rings is 1. The number of ether oxygens (including phenoxy) is 1. The van der Waals surface area contributed by atoms with Gasteiger partial charge in [0.25, 0.3) is 0 Å². The average molecular weight is 294 g/mol. The molecule has 2 N–H and O–H groups in total. The molecule has 0 saturated carbocycles. The molecule has 108 valence electrons. The molecular formula is C13H18N4O2S. The van der Waals surface area contributed by atoms with Gasteiger partial charge >= 0.3 is 5.97 Å². The zero-order valence-electron chi connectivity index (χ0n) is 11.8. The normalized spacial score (nSPS) is 18.4. The highest BCUT2D eigenvalue weighted by molar-refractivity contribution is 7.18. The molecule has 0 radical (unpaired) electrons. The molecule has 0 aliphatic carbocycles. The summed E-state index contributed by atoms with van der Waals surface area (Å²) in [5.41, 5.74) is 6.52. The van der Waals surface area contributed by atoms with Crippen LogP contribution < -0.4 is 10.6 Å². The van der Waals surface area contributed by atoms with Crippen LogP contribution >= 0.6 is 11.3 Å². The Morgan fingerprint density at radius 2 is 2.30 bits per heavy atom. The lowest BCUT2D eigenvalue weighted by molar-refractivity contribution is 0.0607. The molecule has 1 aliphatic heterocycles. The van der Waals surface area contributed by atoms with Crippen molar-refractivity contribution in [1.82, 2.24) is 4.90 Å². The number of carbonyl (C=O) groups is 1. The molecule has 7 heteroatoms. The van der Waals surface area contributed by atoms with Crippen LogP contribution in [0.25, 0.3) is 0 Å². The molecule has 1 unspecified atom stereocenters. The third-order valence-corrected chi connectivity index (χ3v) is 4.84. The van der Waals surface area contributed by atoms with Crippen molar-refractivity contribution in [2.45, 2.75) is 12.5 Å². The van der Waals surface area contributed by atoms with Crippen LogP contribution in [0.15, 0.2) is 0 Å². The number of nitrogens with zero attached hydrogens (tertiary/aromatic N) is 3. The maximum atomic E-state index is 11.7. The van der Waals surface area contributed by atoms with Gasteiger partial charge in [-0.25, -0.2) is 4.79 Å². The van der Waals surface area contributed by atoms with Crippen molar-refractivity contribution in [3.63, 3.8) is 0 Å². The summed E-state index contributed by atoms with van der Waals surface area (Å²) in [5.74, 6) is -0.487. The van der Waals surface area contributed by atoms with E-state index in [1.54, 1.807) is 0 Å². The first-order chi connectivity index (χ1) is 9.49. The number of esters is 1. The van der Waals surface area contributed by atoms with Crippen LogP contribution in [0.1, 0.15) is 21.7 Å². The Labute approximate surface area is 122 Å². The minimum atomic E-state index is -0.487. The maximum absolute atomic E-state index is 11.7. The number of rotatable bonds is 3. The molecule has 0 spiro atoms. The smallest absolute Gasteiger partial charge is 0.350 e. The first-order valence-corrected chi connectivity index (χ1v) is 7.13. The SMILES string of the molecule is COC(=O)c1sc(N2CCC(N(C)C)C2)c(C#N)c1N. The van der Waals surface area contributed by atoms with Crippen LogP contribution in [0.2, 0.25) is 0 Å². The van der Waals surface area contributed by atoms with E-state index in [-0.39, 0.29) is 5.69 Å². The highest BCUT2D eigenvalue weighted by Gasteiger charge is 2.30. The lowest BCUT2D eigenvalue weighted by Gasteiger charge is -2.20. The molecule has 1 atom stereocenters. The van der Waals surface area contributed by atoms with E-state index in [1.807, 2.05) is 14.1 Å². The fourth-order valence-electron chi connectivity index (χ4n) is 2.35. The predicted octanol–water partition coefficient (Wildman–Crippen LogP) is 1.13. The Balaban J connectivity index is 2.34. The predicted molar refractivity (Wildman–Crippen MR) is 79.1 cm³/mol. The lowest BCUT2D eigenvalue weighted by Crippen LogP contribution is -2.31. The van der Waals surface area contributed by atoms with Crippen LogP contribution in [-0.4, -0.2) is 51.2 Å². The first-order valence-electron chi connectivity index (χ1n) is 6.31. The van der Waals surface area contributed by atoms with Crippen molar-refractivity contribution >= 4 is 28.0 Å². The Bertz CT molecular complexity index is 561. The number of methoxy groups -OCH3 is 1. The summed E-state index contributed by atoms with van der Waals surface area (Å²) in [6.07, 6.45) is 1.03. The molecule has 6 nitrogen and oxygen atoms in total. The average Bonchev–Trinajstić information content (AvgIpc) is 3.02. The van der Waals surface area contributed by atoms with Gasteiger partial charge in [0.05, 0.1) is 12.8 Å². The molecule has 1 aliphatic rings. The highest BCUT2D eigenvalue weighted by Crippen LogP contribution is 2.39. The lowest BCUT2D eigenvalue weighted by atomic mass is 10.2. The van der Waals surface area contributed by atoms with Crippen molar-refractivity contribution in [2.75, 3.05) is 44.9 Å². The molecule has 1 fully saturated rings. The Kier molecular flexibility index (Phi) is 4.16. The van der Waals surface area contributed by atoms with E-state index >= 15 is 0 Å². The molecular weight excluding hydrogens is 276 g/mol. The Morgan fingerprint density at radius 1 is 1.60 bits per heavy atom. The van der Waals surface area contributed by atoms with E-state index in [4.69, 9.17) is 10.5 Å². The van der Waals surface area contributed by atoms with E-state index in [1.165, 1.54) is 18.4 Å². The highest BCUT2D eigenvalue weighted by atomic mass is 32.1. The summed E-state index contributed by atoms with van der Waals surface area (Å²) in [5, 5.41) is 10.1. The van der Waals surface area contributed by atoms with E-state index in [0.29, 0.717) is 16.5 Å². The summed E-state index contributed by atoms with van der Waals surface area (Å²) < 4.78 is 4.71. The van der Waals surface area contributed by atoms with Crippen LogP contribution in [0.5, 0.6) is 0 Å². The van der Waals surface area contributed by atoms with Crippen LogP contribution in [-0.2, 0) is 4.74 Å². The van der Waals surface area contributed by atoms with Gasteiger partial charge in [-0.15, -0.1) is 11.3 Å². The van der Waals surface area contributed by atoms with Crippen molar-refractivity contribution in [3.8, 4) is 6.07 Å². The number of likely N-dealkylation sites (N-methyl/N-ethyl adjacent to an activating group) is 1. The maximum Gasteiger partial charge on any atom is 0.350 e. The summed E-state index contributed by atoms with van der Waals surface area (Å²) in [7, 11) is 5.40. The topological polar surface area (TPSA) is 82.6 Å². The van der Waals surface area contributed by atoms with Gasteiger partial charge in [0.15, 0.2) is 0 Å². The van der Waals surface area contributed by atoms with Gasteiger partial charge in [0.1, 0.15) is 21.5 Å². The summed E-state index contributed by atoms with van der Waals surface area (Å²) in [6.45, 7) is 1.69. The molecule has 0 aromatic carbocycles. The molecule has 20 heavy (non-hydrogen) atoms. The fourth-order valence-corrected chi connectivity index (χ4v) is 3.48. The van der Waals surface area contributed by atoms with E-state index in [9.17, 15) is 10.1 Å². The van der Waals surface area contributed by atoms with Crippen molar-refractivity contribution in [1.29, 1.82) is 5.26 Å². The van der Waals surface area contributed by atoms with Gasteiger partial charge in [-0.05, 0) is 20.5 Å². The number of anilines is 2. The molecule has 1 saturated heterocycles. The summed E-state index contributed by atoms with van der Waals surface area (Å²) in [6, 6.07) is 2.56. The Hall–Kier alpha value is -1.78. The number of nitriles is 1. The van der Waals surface area contributed by atoms with Crippen LogP contribution in [0.4, 0.5) is 10.7 Å². The van der Waals surface area contributed by atoms with Crippen molar-refractivity contribution < 1.29 is 9.53 Å². The van der Waals surface area contributed by atoms with E-state index in [2.05, 4.69) is 15.9 Å². The van der Waals surface area contributed by atoms with E-state index in [0.717, 1.165) is 24.5 Å². The van der Waals surface area contributed by atoms with Gasteiger partial charge < -0.3 is 20.3 Å². The number of nitrogens with two attached hydrogens (primary N) is 1.